The van der Waals surface area contributed by atoms with Gasteiger partial charge >= 0.3 is 0 Å². The highest BCUT2D eigenvalue weighted by molar-refractivity contribution is 6.17. The number of benzene rings is 6. The first kappa shape index (κ1) is 40.2. The highest BCUT2D eigenvalue weighted by Gasteiger charge is 2.00. The molecule has 52 heavy (non-hydrogen) atoms. The van der Waals surface area contributed by atoms with Crippen molar-refractivity contribution in [3.63, 3.8) is 0 Å². The summed E-state index contributed by atoms with van der Waals surface area (Å²) in [6.45, 7) is 0.608. The Morgan fingerprint density at radius 2 is 0.808 bits per heavy atom. The van der Waals surface area contributed by atoms with E-state index in [0.29, 0.717) is 47.3 Å². The number of alkyl halides is 1. The Hall–Kier alpha value is -6.19. The summed E-state index contributed by atoms with van der Waals surface area (Å²) in [6.07, 6.45) is 2.28. The molecule has 6 nitrogen and oxygen atoms in total. The van der Waals surface area contributed by atoms with Gasteiger partial charge in [0.1, 0.15) is 66.8 Å². The molecular weight excluding hydrogens is 693 g/mol. The Morgan fingerprint density at radius 1 is 0.481 bits per heavy atom. The van der Waals surface area contributed by atoms with E-state index in [1.165, 1.54) is 48.5 Å². The third kappa shape index (κ3) is 15.6. The molecule has 6 aromatic rings. The number of aromatic hydroxyl groups is 1. The van der Waals surface area contributed by atoms with Crippen molar-refractivity contribution in [3.8, 4) is 17.2 Å². The maximum atomic E-state index is 12.9. The van der Waals surface area contributed by atoms with Gasteiger partial charge in [-0.1, -0.05) is 36.4 Å². The van der Waals surface area contributed by atoms with Gasteiger partial charge < -0.3 is 14.6 Å². The molecule has 0 aliphatic rings. The second-order valence-corrected chi connectivity index (χ2v) is 11.0. The fourth-order valence-electron chi connectivity index (χ4n) is 4.05. The number of carbonyl (C=O) groups excluding carboxylic acids is 3. The molecule has 0 heterocycles. The molecule has 0 aromatic heterocycles. The van der Waals surface area contributed by atoms with Crippen LogP contribution in [0.5, 0.6) is 17.2 Å². The molecule has 0 fully saturated rings. The minimum atomic E-state index is -0.276. The average Bonchev–Trinajstić information content (AvgIpc) is 3.18. The van der Waals surface area contributed by atoms with Gasteiger partial charge in [0.05, 0.1) is 0 Å². The van der Waals surface area contributed by atoms with Crippen molar-refractivity contribution in [3.05, 3.63) is 196 Å². The highest BCUT2D eigenvalue weighted by Crippen LogP contribution is 2.15. The fourth-order valence-corrected chi connectivity index (χ4v) is 4.21. The monoisotopic (exact) mass is 726 g/mol. The van der Waals surface area contributed by atoms with E-state index < -0.39 is 0 Å². The zero-order valence-electron chi connectivity index (χ0n) is 27.7. The maximum absolute atomic E-state index is 12.9. The summed E-state index contributed by atoms with van der Waals surface area (Å²) in [5.41, 5.74) is 4.13. The van der Waals surface area contributed by atoms with Crippen molar-refractivity contribution in [1.82, 2.24) is 0 Å². The first-order valence-corrected chi connectivity index (χ1v) is 16.1. The zero-order chi connectivity index (χ0) is 37.6. The number of hydrogen-bond donors (Lipinski definition) is 1. The molecule has 0 spiro atoms. The maximum Gasteiger partial charge on any atom is 0.150 e. The molecule has 1 N–H and O–H groups in total. The average molecular weight is 727 g/mol. The van der Waals surface area contributed by atoms with Crippen molar-refractivity contribution in [2.75, 3.05) is 0 Å². The van der Waals surface area contributed by atoms with Crippen molar-refractivity contribution in [2.24, 2.45) is 0 Å². The molecule has 0 amide bonds. The number of hydrogen-bond acceptors (Lipinski definition) is 6. The van der Waals surface area contributed by atoms with Crippen LogP contribution in [-0.2, 0) is 19.1 Å². The van der Waals surface area contributed by atoms with Gasteiger partial charge in [0.2, 0.25) is 0 Å². The number of ether oxygens (including phenoxy) is 2. The zero-order valence-corrected chi connectivity index (χ0v) is 28.5. The Morgan fingerprint density at radius 3 is 1.12 bits per heavy atom. The predicted molar refractivity (Wildman–Crippen MR) is 195 cm³/mol. The number of carbonyl (C=O) groups is 3. The molecule has 0 radical (unpaired) electrons. The number of rotatable bonds is 10. The molecule has 6 aromatic carbocycles. The van der Waals surface area contributed by atoms with E-state index in [0.717, 1.165) is 35.5 Å². The summed E-state index contributed by atoms with van der Waals surface area (Å²) in [5.74, 6) is 1.08. The van der Waals surface area contributed by atoms with E-state index in [9.17, 15) is 27.6 Å². The molecule has 0 bridgehead atoms. The van der Waals surface area contributed by atoms with E-state index in [2.05, 4.69) is 0 Å². The predicted octanol–water partition coefficient (Wildman–Crippen LogP) is 10.2. The van der Waals surface area contributed by atoms with Gasteiger partial charge in [0.25, 0.3) is 0 Å². The summed E-state index contributed by atoms with van der Waals surface area (Å²) in [5, 5.41) is 8.74. The first-order valence-electron chi connectivity index (χ1n) is 15.6. The lowest BCUT2D eigenvalue weighted by Crippen LogP contribution is -1.95. The van der Waals surface area contributed by atoms with Gasteiger partial charge in [0, 0.05) is 22.6 Å². The van der Waals surface area contributed by atoms with Crippen LogP contribution in [0.2, 0.25) is 0 Å². The summed E-state index contributed by atoms with van der Waals surface area (Å²) in [4.78, 5) is 30.9. The van der Waals surface area contributed by atoms with E-state index in [-0.39, 0.29) is 23.2 Å². The third-order valence-corrected chi connectivity index (χ3v) is 7.00. The number of phenolic OH excluding ortho intramolecular Hbond substituents is 1. The quantitative estimate of drug-likeness (QED) is 0.112. The molecule has 0 aliphatic carbocycles. The molecule has 0 atom stereocenters. The van der Waals surface area contributed by atoms with Gasteiger partial charge in [-0.2, -0.15) is 0 Å². The molecule has 10 heteroatoms. The van der Waals surface area contributed by atoms with Crippen LogP contribution >= 0.6 is 11.6 Å². The van der Waals surface area contributed by atoms with Crippen LogP contribution in [0, 0.1) is 17.5 Å². The van der Waals surface area contributed by atoms with E-state index in [1.54, 1.807) is 97.1 Å². The smallest absolute Gasteiger partial charge is 0.150 e. The van der Waals surface area contributed by atoms with Crippen molar-refractivity contribution < 1.29 is 42.1 Å². The highest BCUT2D eigenvalue weighted by atomic mass is 35.5. The number of phenols is 1. The molecule has 0 unspecified atom stereocenters. The molecule has 266 valence electrons. The van der Waals surface area contributed by atoms with Crippen molar-refractivity contribution >= 4 is 30.5 Å². The molecule has 0 saturated heterocycles. The largest absolute Gasteiger partial charge is 0.508 e. The lowest BCUT2D eigenvalue weighted by Gasteiger charge is -2.06. The van der Waals surface area contributed by atoms with Gasteiger partial charge in [-0.25, -0.2) is 13.2 Å². The van der Waals surface area contributed by atoms with Crippen LogP contribution in [0.1, 0.15) is 47.8 Å². The minimum Gasteiger partial charge on any atom is -0.508 e. The summed E-state index contributed by atoms with van der Waals surface area (Å²) < 4.78 is 49.0. The molecule has 6 rings (SSSR count). The topological polar surface area (TPSA) is 89.9 Å². The van der Waals surface area contributed by atoms with Crippen LogP contribution < -0.4 is 9.47 Å². The van der Waals surface area contributed by atoms with Crippen LogP contribution in [0.3, 0.4) is 0 Å². The Labute approximate surface area is 304 Å². The van der Waals surface area contributed by atoms with Crippen LogP contribution in [0.15, 0.2) is 146 Å². The van der Waals surface area contributed by atoms with E-state index >= 15 is 0 Å². The van der Waals surface area contributed by atoms with Crippen LogP contribution in [0.4, 0.5) is 13.2 Å². The second kappa shape index (κ2) is 22.5. The standard InChI is InChI=1S/2C14H11FO2.C7H6ClF.C7H6O2/c2*15-13-3-1-2-12(8-13)10-17-14-6-4-11(9-16)5-7-14;8-5-6-2-1-3-7(9)4-6;8-5-6-1-3-7(9)4-2-6/h2*1-9H,10H2;1-4H,5H2;1-5,9H. The van der Waals surface area contributed by atoms with Gasteiger partial charge in [-0.05, 0) is 126 Å². The SMILES string of the molecule is Fc1cccc(CCl)c1.O=Cc1ccc(O)cc1.O=Cc1ccc(OCc2cccc(F)c2)cc1.O=Cc1ccc(OCc2cccc(F)c2)cc1. The van der Waals surface area contributed by atoms with Gasteiger partial charge in [-0.3, -0.25) is 14.4 Å². The lowest BCUT2D eigenvalue weighted by atomic mass is 10.2. The normalized spacial score (nSPS) is 9.69. The van der Waals surface area contributed by atoms with Gasteiger partial charge in [0.15, 0.2) is 0 Å². The first-order chi connectivity index (χ1) is 25.2. The second-order valence-electron chi connectivity index (χ2n) is 10.7. The summed E-state index contributed by atoms with van der Waals surface area (Å²) in [7, 11) is 0. The fraction of sp³-hybridized carbons (Fsp3) is 0.0714. The number of aldehydes is 3. The minimum absolute atomic E-state index is 0.181. The van der Waals surface area contributed by atoms with Crippen LogP contribution in [-0.4, -0.2) is 24.0 Å². The Kier molecular flexibility index (Phi) is 17.4. The van der Waals surface area contributed by atoms with Crippen molar-refractivity contribution in [1.29, 1.82) is 0 Å². The molecule has 0 aliphatic heterocycles. The van der Waals surface area contributed by atoms with Crippen molar-refractivity contribution in [2.45, 2.75) is 19.1 Å². The molecular formula is C42H34ClF3O6. The van der Waals surface area contributed by atoms with E-state index in [4.69, 9.17) is 26.2 Å². The Balaban J connectivity index is 0.000000195. The van der Waals surface area contributed by atoms with Crippen LogP contribution in [0.25, 0.3) is 0 Å². The molecule has 0 saturated carbocycles. The lowest BCUT2D eigenvalue weighted by molar-refractivity contribution is 0.111. The Bertz CT molecular complexity index is 1870. The summed E-state index contributed by atoms with van der Waals surface area (Å²) >= 11 is 5.43. The summed E-state index contributed by atoms with van der Waals surface area (Å²) in [6, 6.07) is 38.4. The number of halogens is 4. The van der Waals surface area contributed by atoms with Gasteiger partial charge in [-0.15, -0.1) is 11.6 Å². The van der Waals surface area contributed by atoms with E-state index in [1.807, 2.05) is 0 Å². The third-order valence-electron chi connectivity index (χ3n) is 6.69.